The van der Waals surface area contributed by atoms with Gasteiger partial charge in [0, 0.05) is 6.42 Å². The predicted molar refractivity (Wildman–Crippen MR) is 66.4 cm³/mol. The van der Waals surface area contributed by atoms with Crippen LogP contribution in [-0.2, 0) is 4.74 Å². The first-order valence-corrected chi connectivity index (χ1v) is 6.13. The van der Waals surface area contributed by atoms with Gasteiger partial charge in [0.25, 0.3) is 0 Å². The molecule has 20 heavy (non-hydrogen) atoms. The van der Waals surface area contributed by atoms with Gasteiger partial charge in [-0.2, -0.15) is 0 Å². The van der Waals surface area contributed by atoms with Crippen LogP contribution in [0, 0.1) is 0 Å². The summed E-state index contributed by atoms with van der Waals surface area (Å²) in [6, 6.07) is 5.71. The Morgan fingerprint density at radius 2 is 1.95 bits per heavy atom. The third-order valence-electron chi connectivity index (χ3n) is 3.08. The summed E-state index contributed by atoms with van der Waals surface area (Å²) in [5, 5.41) is 37.0. The maximum absolute atomic E-state index is 10.7. The quantitative estimate of drug-likeness (QED) is 0.594. The molecule has 7 heteroatoms. The van der Waals surface area contributed by atoms with Gasteiger partial charge < -0.3 is 29.9 Å². The fourth-order valence-corrected chi connectivity index (χ4v) is 1.97. The minimum absolute atomic E-state index is 0.0539. The fourth-order valence-electron chi connectivity index (χ4n) is 1.97. The number of carbonyl (C=O) groups is 1. The molecule has 1 heterocycles. The van der Waals surface area contributed by atoms with Crippen molar-refractivity contribution in [1.29, 1.82) is 0 Å². The Labute approximate surface area is 115 Å². The minimum atomic E-state index is -1.16. The van der Waals surface area contributed by atoms with E-state index in [0.717, 1.165) is 0 Å². The van der Waals surface area contributed by atoms with Gasteiger partial charge in [-0.15, -0.1) is 0 Å². The van der Waals surface area contributed by atoms with Gasteiger partial charge in [-0.25, -0.2) is 4.79 Å². The maximum atomic E-state index is 10.7. The van der Waals surface area contributed by atoms with Crippen molar-refractivity contribution in [2.24, 2.45) is 0 Å². The lowest BCUT2D eigenvalue weighted by molar-refractivity contribution is -0.229. The molecule has 1 fully saturated rings. The topological polar surface area (TPSA) is 116 Å². The molecule has 1 aromatic rings. The monoisotopic (exact) mass is 284 g/mol. The Morgan fingerprint density at radius 3 is 2.50 bits per heavy atom. The second-order valence-electron chi connectivity index (χ2n) is 4.53. The first kappa shape index (κ1) is 14.7. The van der Waals surface area contributed by atoms with E-state index in [1.54, 1.807) is 0 Å². The second-order valence-corrected chi connectivity index (χ2v) is 4.53. The molecular formula is C13H16O7. The Morgan fingerprint density at radius 1 is 1.30 bits per heavy atom. The summed E-state index contributed by atoms with van der Waals surface area (Å²) in [4.78, 5) is 10.7. The summed E-state index contributed by atoms with van der Waals surface area (Å²) < 4.78 is 10.7. The first-order valence-electron chi connectivity index (χ1n) is 6.13. The predicted octanol–water partition coefficient (Wildman–Crippen LogP) is -0.407. The van der Waals surface area contributed by atoms with Crippen LogP contribution in [0.3, 0.4) is 0 Å². The van der Waals surface area contributed by atoms with E-state index < -0.39 is 37.2 Å². The molecule has 0 bridgehead atoms. The number of hydrogen-bond acceptors (Lipinski definition) is 6. The summed E-state index contributed by atoms with van der Waals surface area (Å²) in [5.41, 5.74) is 0.130. The highest BCUT2D eigenvalue weighted by atomic mass is 16.7. The van der Waals surface area contributed by atoms with E-state index in [0.29, 0.717) is 5.75 Å². The molecule has 0 radical (unpaired) electrons. The first-order chi connectivity index (χ1) is 9.51. The van der Waals surface area contributed by atoms with Crippen molar-refractivity contribution in [3.05, 3.63) is 29.8 Å². The van der Waals surface area contributed by atoms with Crippen LogP contribution in [0.15, 0.2) is 24.3 Å². The van der Waals surface area contributed by atoms with E-state index in [-0.39, 0.29) is 12.0 Å². The molecule has 0 spiro atoms. The Hall–Kier alpha value is -1.67. The lowest BCUT2D eigenvalue weighted by Gasteiger charge is -2.36. The molecule has 1 aliphatic rings. The largest absolute Gasteiger partial charge is 0.478 e. The number of hydrogen-bond donors (Lipinski definition) is 4. The van der Waals surface area contributed by atoms with Crippen molar-refractivity contribution >= 4 is 5.97 Å². The molecule has 2 rings (SSSR count). The SMILES string of the molecule is O=C(O)c1ccc(O[C@H]2C[C@@H](O)[C@@H](O)[C@@H](CO)O2)cc1. The summed E-state index contributed by atoms with van der Waals surface area (Å²) in [6.45, 7) is -0.434. The highest BCUT2D eigenvalue weighted by molar-refractivity contribution is 5.87. The summed E-state index contributed by atoms with van der Waals surface area (Å²) in [7, 11) is 0. The number of benzene rings is 1. The van der Waals surface area contributed by atoms with Crippen LogP contribution in [-0.4, -0.2) is 57.6 Å². The van der Waals surface area contributed by atoms with Crippen LogP contribution >= 0.6 is 0 Å². The summed E-state index contributed by atoms with van der Waals surface area (Å²) >= 11 is 0. The Bertz CT molecular complexity index is 458. The summed E-state index contributed by atoms with van der Waals surface area (Å²) in [5.74, 6) is -0.662. The molecule has 0 aromatic heterocycles. The molecule has 4 atom stereocenters. The molecule has 0 aliphatic carbocycles. The zero-order chi connectivity index (χ0) is 14.7. The lowest BCUT2D eigenvalue weighted by Crippen LogP contribution is -2.51. The third kappa shape index (κ3) is 3.26. The van der Waals surface area contributed by atoms with Gasteiger partial charge in [0.05, 0.1) is 18.3 Å². The highest BCUT2D eigenvalue weighted by Gasteiger charge is 2.37. The number of aliphatic hydroxyl groups is 3. The molecule has 0 amide bonds. The molecule has 110 valence electrons. The lowest BCUT2D eigenvalue weighted by atomic mass is 10.0. The van der Waals surface area contributed by atoms with Crippen LogP contribution in [0.2, 0.25) is 0 Å². The number of rotatable bonds is 4. The van der Waals surface area contributed by atoms with Gasteiger partial charge in [-0.05, 0) is 24.3 Å². The van der Waals surface area contributed by atoms with Crippen molar-refractivity contribution in [2.45, 2.75) is 31.0 Å². The van der Waals surface area contributed by atoms with Crippen LogP contribution in [0.5, 0.6) is 5.75 Å². The number of ether oxygens (including phenoxy) is 2. The molecule has 0 unspecified atom stereocenters. The fraction of sp³-hybridized carbons (Fsp3) is 0.462. The normalized spacial score (nSPS) is 29.9. The van der Waals surface area contributed by atoms with E-state index in [2.05, 4.69) is 0 Å². The Kier molecular flexibility index (Phi) is 4.56. The van der Waals surface area contributed by atoms with Gasteiger partial charge in [0.2, 0.25) is 6.29 Å². The van der Waals surface area contributed by atoms with Gasteiger partial charge in [0.15, 0.2) is 0 Å². The Balaban J connectivity index is 2.00. The van der Waals surface area contributed by atoms with Gasteiger partial charge in [-0.3, -0.25) is 0 Å². The van der Waals surface area contributed by atoms with E-state index >= 15 is 0 Å². The summed E-state index contributed by atoms with van der Waals surface area (Å²) in [6.07, 6.45) is -3.89. The molecule has 1 saturated heterocycles. The average Bonchev–Trinajstić information content (AvgIpc) is 2.43. The van der Waals surface area contributed by atoms with Crippen LogP contribution in [0.4, 0.5) is 0 Å². The number of aromatic carboxylic acids is 1. The van der Waals surface area contributed by atoms with Crippen molar-refractivity contribution in [1.82, 2.24) is 0 Å². The maximum Gasteiger partial charge on any atom is 0.335 e. The highest BCUT2D eigenvalue weighted by Crippen LogP contribution is 2.23. The van der Waals surface area contributed by atoms with Gasteiger partial charge in [0.1, 0.15) is 18.0 Å². The molecular weight excluding hydrogens is 268 g/mol. The van der Waals surface area contributed by atoms with Crippen LogP contribution in [0.1, 0.15) is 16.8 Å². The van der Waals surface area contributed by atoms with Crippen molar-refractivity contribution < 1.29 is 34.7 Å². The van der Waals surface area contributed by atoms with E-state index in [9.17, 15) is 15.0 Å². The number of carboxylic acids is 1. The number of aliphatic hydroxyl groups excluding tert-OH is 3. The molecule has 4 N–H and O–H groups in total. The molecule has 1 aliphatic heterocycles. The van der Waals surface area contributed by atoms with Crippen molar-refractivity contribution in [3.8, 4) is 5.75 Å². The second kappa shape index (κ2) is 6.19. The van der Waals surface area contributed by atoms with Gasteiger partial charge >= 0.3 is 5.97 Å². The number of carboxylic acid groups (broad SMARTS) is 1. The molecule has 0 saturated carbocycles. The van der Waals surface area contributed by atoms with Gasteiger partial charge in [-0.1, -0.05) is 0 Å². The smallest absolute Gasteiger partial charge is 0.335 e. The zero-order valence-electron chi connectivity index (χ0n) is 10.5. The molecule has 7 nitrogen and oxygen atoms in total. The van der Waals surface area contributed by atoms with Crippen molar-refractivity contribution in [2.75, 3.05) is 6.61 Å². The zero-order valence-corrected chi connectivity index (χ0v) is 10.5. The van der Waals surface area contributed by atoms with E-state index in [4.69, 9.17) is 19.7 Å². The third-order valence-corrected chi connectivity index (χ3v) is 3.08. The van der Waals surface area contributed by atoms with E-state index in [1.165, 1.54) is 24.3 Å². The van der Waals surface area contributed by atoms with E-state index in [1.807, 2.05) is 0 Å². The standard InChI is InChI=1S/C13H16O7/c14-6-10-12(16)9(15)5-11(20-10)19-8-3-1-7(2-4-8)13(17)18/h1-4,9-12,14-16H,5-6H2,(H,17,18)/t9-,10-,11-,12-/m1/s1. The van der Waals surface area contributed by atoms with Crippen LogP contribution < -0.4 is 4.74 Å². The minimum Gasteiger partial charge on any atom is -0.478 e. The van der Waals surface area contributed by atoms with Crippen LogP contribution in [0.25, 0.3) is 0 Å². The van der Waals surface area contributed by atoms with Crippen molar-refractivity contribution in [3.63, 3.8) is 0 Å². The molecule has 1 aromatic carbocycles. The average molecular weight is 284 g/mol.